The molecule has 0 aromatic rings. The van der Waals surface area contributed by atoms with Crippen LogP contribution in [0.2, 0.25) is 0 Å². The van der Waals surface area contributed by atoms with Crippen LogP contribution < -0.4 is 0 Å². The van der Waals surface area contributed by atoms with Crippen molar-refractivity contribution >= 4 is 5.97 Å². The first kappa shape index (κ1) is 25.1. The molecule has 0 aromatic heterocycles. The highest BCUT2D eigenvalue weighted by atomic mass is 16.5. The maximum atomic E-state index is 11.5. The maximum Gasteiger partial charge on any atom is 0.302 e. The van der Waals surface area contributed by atoms with E-state index in [1.165, 1.54) is 44.9 Å². The molecular formula is C31H50O2. The summed E-state index contributed by atoms with van der Waals surface area (Å²) in [6, 6.07) is 0. The molecule has 0 heterocycles. The highest BCUT2D eigenvalue weighted by Gasteiger charge is 2.58. The maximum absolute atomic E-state index is 11.5. The SMILES string of the molecule is CCC(C=CC(C)C1CCC2C3=CCC4CC(OC(C)=O)CC[C@]4(C)C3CC[C@@]21C)C(C)C. The minimum atomic E-state index is -0.108. The summed E-state index contributed by atoms with van der Waals surface area (Å²) in [7, 11) is 0. The summed E-state index contributed by atoms with van der Waals surface area (Å²) >= 11 is 0. The van der Waals surface area contributed by atoms with Gasteiger partial charge in [0.2, 0.25) is 0 Å². The highest BCUT2D eigenvalue weighted by Crippen LogP contribution is 2.66. The molecular weight excluding hydrogens is 404 g/mol. The van der Waals surface area contributed by atoms with Crippen LogP contribution in [0.5, 0.6) is 0 Å². The van der Waals surface area contributed by atoms with E-state index in [-0.39, 0.29) is 12.1 Å². The number of hydrogen-bond donors (Lipinski definition) is 0. The average Bonchev–Trinajstić information content (AvgIpc) is 3.11. The molecule has 2 heteroatoms. The van der Waals surface area contributed by atoms with Gasteiger partial charge in [-0.25, -0.2) is 0 Å². The molecule has 0 amide bonds. The molecule has 4 rings (SSSR count). The van der Waals surface area contributed by atoms with Gasteiger partial charge < -0.3 is 4.74 Å². The van der Waals surface area contributed by atoms with E-state index >= 15 is 0 Å². The Balaban J connectivity index is 1.50. The molecule has 9 atom stereocenters. The first-order valence-electron chi connectivity index (χ1n) is 14.2. The van der Waals surface area contributed by atoms with E-state index in [0.29, 0.717) is 28.6 Å². The Morgan fingerprint density at radius 2 is 1.76 bits per heavy atom. The van der Waals surface area contributed by atoms with Crippen LogP contribution in [-0.2, 0) is 9.53 Å². The molecule has 0 saturated heterocycles. The number of hydrogen-bond acceptors (Lipinski definition) is 2. The lowest BCUT2D eigenvalue weighted by molar-refractivity contribution is -0.152. The van der Waals surface area contributed by atoms with Gasteiger partial charge in [-0.3, -0.25) is 4.79 Å². The van der Waals surface area contributed by atoms with Crippen LogP contribution in [0, 0.1) is 52.3 Å². The Kier molecular flexibility index (Phi) is 7.24. The molecule has 3 saturated carbocycles. The third-order valence-corrected chi connectivity index (χ3v) is 11.1. The smallest absolute Gasteiger partial charge is 0.302 e. The third-order valence-electron chi connectivity index (χ3n) is 11.1. The normalized spacial score (nSPS) is 42.3. The van der Waals surface area contributed by atoms with E-state index in [4.69, 9.17) is 4.74 Å². The predicted octanol–water partition coefficient (Wildman–Crippen LogP) is 8.37. The Labute approximate surface area is 204 Å². The van der Waals surface area contributed by atoms with E-state index in [2.05, 4.69) is 59.8 Å². The van der Waals surface area contributed by atoms with E-state index in [9.17, 15) is 4.79 Å². The van der Waals surface area contributed by atoms with Crippen LogP contribution in [0.1, 0.15) is 106 Å². The monoisotopic (exact) mass is 454 g/mol. The van der Waals surface area contributed by atoms with E-state index in [0.717, 1.165) is 36.5 Å². The molecule has 186 valence electrons. The number of ether oxygens (including phenoxy) is 1. The number of rotatable bonds is 6. The van der Waals surface area contributed by atoms with Gasteiger partial charge in [0.05, 0.1) is 0 Å². The van der Waals surface area contributed by atoms with Gasteiger partial charge >= 0.3 is 5.97 Å². The van der Waals surface area contributed by atoms with Crippen molar-refractivity contribution in [2.45, 2.75) is 112 Å². The Morgan fingerprint density at radius 1 is 1.06 bits per heavy atom. The van der Waals surface area contributed by atoms with E-state index in [1.54, 1.807) is 6.92 Å². The van der Waals surface area contributed by atoms with Crippen molar-refractivity contribution in [3.8, 4) is 0 Å². The summed E-state index contributed by atoms with van der Waals surface area (Å²) in [4.78, 5) is 11.5. The topological polar surface area (TPSA) is 26.3 Å². The molecule has 0 N–H and O–H groups in total. The van der Waals surface area contributed by atoms with Gasteiger partial charge in [-0.1, -0.05) is 65.3 Å². The standard InChI is InChI=1S/C31H50O2/c1-8-23(20(2)3)10-9-21(4)27-13-14-28-26-12-11-24-19-25(33-22(5)32)15-17-30(24,6)29(26)16-18-31(27,28)7/h9-10,12,20-21,23-25,27-29H,8,11,13-19H2,1-7H3/t21?,23?,24?,25?,27?,28?,29?,30-,31+/m0/s1. The van der Waals surface area contributed by atoms with Gasteiger partial charge in [0.1, 0.15) is 6.10 Å². The fraction of sp³-hybridized carbons (Fsp3) is 0.839. The summed E-state index contributed by atoms with van der Waals surface area (Å²) in [5.41, 5.74) is 2.70. The number of allylic oxidation sites excluding steroid dienone is 4. The Hall–Kier alpha value is -1.05. The molecule has 2 nitrogen and oxygen atoms in total. The number of esters is 1. The lowest BCUT2D eigenvalue weighted by Crippen LogP contribution is -2.50. The first-order chi connectivity index (χ1) is 15.6. The average molecular weight is 455 g/mol. The second kappa shape index (κ2) is 9.54. The molecule has 3 fully saturated rings. The summed E-state index contributed by atoms with van der Waals surface area (Å²) < 4.78 is 5.64. The minimum absolute atomic E-state index is 0.108. The van der Waals surface area contributed by atoms with Gasteiger partial charge in [0, 0.05) is 6.92 Å². The largest absolute Gasteiger partial charge is 0.463 e. The van der Waals surface area contributed by atoms with Crippen LogP contribution in [0.15, 0.2) is 23.8 Å². The van der Waals surface area contributed by atoms with Gasteiger partial charge in [0.15, 0.2) is 0 Å². The quantitative estimate of drug-likeness (QED) is 0.297. The summed E-state index contributed by atoms with van der Waals surface area (Å²) in [5, 5.41) is 0. The van der Waals surface area contributed by atoms with Crippen molar-refractivity contribution < 1.29 is 9.53 Å². The summed E-state index contributed by atoms with van der Waals surface area (Å²) in [6.07, 6.45) is 19.3. The molecule has 0 spiro atoms. The molecule has 4 aliphatic rings. The zero-order valence-electron chi connectivity index (χ0n) is 22.5. The van der Waals surface area contributed by atoms with Crippen LogP contribution in [0.4, 0.5) is 0 Å². The van der Waals surface area contributed by atoms with Gasteiger partial charge in [-0.2, -0.15) is 0 Å². The molecule has 0 bridgehead atoms. The predicted molar refractivity (Wildman–Crippen MR) is 138 cm³/mol. The number of carbonyl (C=O) groups is 1. The first-order valence-corrected chi connectivity index (χ1v) is 14.2. The summed E-state index contributed by atoms with van der Waals surface area (Å²) in [6.45, 7) is 16.3. The molecule has 0 radical (unpaired) electrons. The third kappa shape index (κ3) is 4.50. The number of fused-ring (bicyclic) bond motifs is 5. The van der Waals surface area contributed by atoms with Crippen molar-refractivity contribution in [2.24, 2.45) is 52.3 Å². The van der Waals surface area contributed by atoms with Gasteiger partial charge in [-0.05, 0) is 110 Å². The highest BCUT2D eigenvalue weighted by molar-refractivity contribution is 5.66. The van der Waals surface area contributed by atoms with Crippen LogP contribution >= 0.6 is 0 Å². The zero-order valence-corrected chi connectivity index (χ0v) is 22.5. The molecule has 33 heavy (non-hydrogen) atoms. The molecule has 0 aliphatic heterocycles. The van der Waals surface area contributed by atoms with Crippen molar-refractivity contribution in [2.75, 3.05) is 0 Å². The van der Waals surface area contributed by atoms with Crippen molar-refractivity contribution in [1.82, 2.24) is 0 Å². The van der Waals surface area contributed by atoms with E-state index < -0.39 is 0 Å². The lowest BCUT2D eigenvalue weighted by atomic mass is 9.47. The Morgan fingerprint density at radius 3 is 2.42 bits per heavy atom. The second-order valence-corrected chi connectivity index (χ2v) is 13.0. The van der Waals surface area contributed by atoms with Crippen LogP contribution in [0.3, 0.4) is 0 Å². The van der Waals surface area contributed by atoms with Gasteiger partial charge in [0.25, 0.3) is 0 Å². The van der Waals surface area contributed by atoms with Crippen LogP contribution in [-0.4, -0.2) is 12.1 Å². The second-order valence-electron chi connectivity index (χ2n) is 13.0. The van der Waals surface area contributed by atoms with Crippen LogP contribution in [0.25, 0.3) is 0 Å². The van der Waals surface area contributed by atoms with Crippen molar-refractivity contribution in [3.05, 3.63) is 23.8 Å². The van der Waals surface area contributed by atoms with Crippen molar-refractivity contribution in [1.29, 1.82) is 0 Å². The number of carbonyl (C=O) groups excluding carboxylic acids is 1. The lowest BCUT2D eigenvalue weighted by Gasteiger charge is -2.58. The fourth-order valence-electron chi connectivity index (χ4n) is 9.00. The fourth-order valence-corrected chi connectivity index (χ4v) is 9.00. The zero-order chi connectivity index (χ0) is 24.0. The summed E-state index contributed by atoms with van der Waals surface area (Å²) in [5.74, 6) is 5.05. The van der Waals surface area contributed by atoms with E-state index in [1.807, 2.05) is 5.57 Å². The molecule has 4 aliphatic carbocycles. The minimum Gasteiger partial charge on any atom is -0.463 e. The van der Waals surface area contributed by atoms with Gasteiger partial charge in [-0.15, -0.1) is 0 Å². The molecule has 0 aromatic carbocycles. The van der Waals surface area contributed by atoms with Crippen molar-refractivity contribution in [3.63, 3.8) is 0 Å². The molecule has 7 unspecified atom stereocenters. The Bertz CT molecular complexity index is 778.